The summed E-state index contributed by atoms with van der Waals surface area (Å²) in [5, 5.41) is 0. The van der Waals surface area contributed by atoms with E-state index < -0.39 is 19.7 Å². The molecule has 0 bridgehead atoms. The molecule has 126 valence electrons. The standard InChI is InChI=1S/C17H16O5S2/c1-23(19,20)15-8-3-13(4-9-15)5-12-17(18)14-6-10-16(11-7-14)24(2,21)22/h3-12H,1-2H3/b12-5+. The summed E-state index contributed by atoms with van der Waals surface area (Å²) in [4.78, 5) is 12.4. The molecule has 0 aliphatic heterocycles. The summed E-state index contributed by atoms with van der Waals surface area (Å²) in [6.45, 7) is 0. The summed E-state index contributed by atoms with van der Waals surface area (Å²) in [6.07, 6.45) is 5.15. The molecule has 2 rings (SSSR count). The predicted molar refractivity (Wildman–Crippen MR) is 92.5 cm³/mol. The highest BCUT2D eigenvalue weighted by Gasteiger charge is 2.08. The zero-order chi connectivity index (χ0) is 18.0. The average molecular weight is 364 g/mol. The van der Waals surface area contributed by atoms with Crippen LogP contribution in [-0.4, -0.2) is 35.1 Å². The van der Waals surface area contributed by atoms with Gasteiger partial charge in [0.25, 0.3) is 0 Å². The Morgan fingerprint density at radius 1 is 0.750 bits per heavy atom. The Kier molecular flexibility index (Phi) is 5.05. The van der Waals surface area contributed by atoms with E-state index in [4.69, 9.17) is 0 Å². The van der Waals surface area contributed by atoms with Crippen LogP contribution in [0.15, 0.2) is 64.4 Å². The van der Waals surface area contributed by atoms with Gasteiger partial charge in [-0.3, -0.25) is 4.79 Å². The van der Waals surface area contributed by atoms with Gasteiger partial charge in [0.15, 0.2) is 25.5 Å². The van der Waals surface area contributed by atoms with Crippen LogP contribution in [0, 0.1) is 0 Å². The molecule has 0 spiro atoms. The van der Waals surface area contributed by atoms with Gasteiger partial charge in [0, 0.05) is 18.1 Å². The maximum Gasteiger partial charge on any atom is 0.185 e. The van der Waals surface area contributed by atoms with Crippen molar-refractivity contribution in [1.29, 1.82) is 0 Å². The molecular weight excluding hydrogens is 348 g/mol. The van der Waals surface area contributed by atoms with Gasteiger partial charge >= 0.3 is 0 Å². The molecule has 0 saturated carbocycles. The van der Waals surface area contributed by atoms with E-state index in [1.807, 2.05) is 0 Å². The second-order valence-electron chi connectivity index (χ2n) is 5.34. The maximum absolute atomic E-state index is 12.1. The Bertz CT molecular complexity index is 982. The van der Waals surface area contributed by atoms with Crippen molar-refractivity contribution in [2.45, 2.75) is 9.79 Å². The highest BCUT2D eigenvalue weighted by Crippen LogP contribution is 2.13. The normalized spacial score (nSPS) is 12.4. The second-order valence-corrected chi connectivity index (χ2v) is 9.37. The van der Waals surface area contributed by atoms with Gasteiger partial charge in [0.1, 0.15) is 0 Å². The molecule has 0 amide bonds. The molecule has 0 heterocycles. The lowest BCUT2D eigenvalue weighted by Gasteiger charge is -2.00. The molecule has 2 aromatic rings. The highest BCUT2D eigenvalue weighted by atomic mass is 32.2. The quantitative estimate of drug-likeness (QED) is 0.601. The number of rotatable bonds is 5. The summed E-state index contributed by atoms with van der Waals surface area (Å²) in [5.41, 5.74) is 1.05. The lowest BCUT2D eigenvalue weighted by atomic mass is 10.1. The van der Waals surface area contributed by atoms with Gasteiger partial charge in [-0.15, -0.1) is 0 Å². The van der Waals surface area contributed by atoms with Crippen LogP contribution in [-0.2, 0) is 19.7 Å². The molecule has 5 nitrogen and oxygen atoms in total. The van der Waals surface area contributed by atoms with E-state index in [-0.39, 0.29) is 15.6 Å². The summed E-state index contributed by atoms with van der Waals surface area (Å²) >= 11 is 0. The maximum atomic E-state index is 12.1. The summed E-state index contributed by atoms with van der Waals surface area (Å²) in [7, 11) is -6.55. The summed E-state index contributed by atoms with van der Waals surface area (Å²) in [5.74, 6) is -0.276. The lowest BCUT2D eigenvalue weighted by molar-refractivity contribution is 0.104. The van der Waals surface area contributed by atoms with E-state index in [1.165, 1.54) is 42.5 Å². The number of allylic oxidation sites excluding steroid dienone is 1. The van der Waals surface area contributed by atoms with Crippen molar-refractivity contribution in [3.8, 4) is 0 Å². The molecule has 7 heteroatoms. The first-order valence-electron chi connectivity index (χ1n) is 6.90. The van der Waals surface area contributed by atoms with Crippen LogP contribution in [0.2, 0.25) is 0 Å². The van der Waals surface area contributed by atoms with Gasteiger partial charge < -0.3 is 0 Å². The van der Waals surface area contributed by atoms with E-state index in [1.54, 1.807) is 18.2 Å². The van der Waals surface area contributed by atoms with E-state index in [0.29, 0.717) is 11.1 Å². The Labute approximate surface area is 141 Å². The van der Waals surface area contributed by atoms with Gasteiger partial charge in [-0.05, 0) is 48.0 Å². The second kappa shape index (κ2) is 6.70. The van der Waals surface area contributed by atoms with Crippen LogP contribution >= 0.6 is 0 Å². The summed E-state index contributed by atoms with van der Waals surface area (Å²) in [6, 6.07) is 11.8. The van der Waals surface area contributed by atoms with E-state index >= 15 is 0 Å². The van der Waals surface area contributed by atoms with Crippen LogP contribution in [0.3, 0.4) is 0 Å². The fraction of sp³-hybridized carbons (Fsp3) is 0.118. The highest BCUT2D eigenvalue weighted by molar-refractivity contribution is 7.91. The number of carbonyl (C=O) groups is 1. The molecule has 0 radical (unpaired) electrons. The largest absolute Gasteiger partial charge is 0.289 e. The van der Waals surface area contributed by atoms with Crippen molar-refractivity contribution < 1.29 is 21.6 Å². The molecule has 0 aromatic heterocycles. The van der Waals surface area contributed by atoms with Crippen molar-refractivity contribution >= 4 is 31.5 Å². The van der Waals surface area contributed by atoms with Gasteiger partial charge in [0.05, 0.1) is 9.79 Å². The zero-order valence-corrected chi connectivity index (χ0v) is 14.8. The first kappa shape index (κ1) is 18.1. The van der Waals surface area contributed by atoms with Gasteiger partial charge in [-0.1, -0.05) is 18.2 Å². The van der Waals surface area contributed by atoms with E-state index in [2.05, 4.69) is 0 Å². The van der Waals surface area contributed by atoms with Gasteiger partial charge in [0.2, 0.25) is 0 Å². The van der Waals surface area contributed by atoms with Gasteiger partial charge in [-0.2, -0.15) is 0 Å². The molecule has 0 N–H and O–H groups in total. The zero-order valence-electron chi connectivity index (χ0n) is 13.1. The van der Waals surface area contributed by atoms with Gasteiger partial charge in [-0.25, -0.2) is 16.8 Å². The Morgan fingerprint density at radius 2 is 1.17 bits per heavy atom. The Balaban J connectivity index is 2.16. The number of carbonyl (C=O) groups excluding carboxylic acids is 1. The van der Waals surface area contributed by atoms with E-state index in [9.17, 15) is 21.6 Å². The fourth-order valence-electron chi connectivity index (χ4n) is 1.96. The van der Waals surface area contributed by atoms with Crippen molar-refractivity contribution in [2.75, 3.05) is 12.5 Å². The van der Waals surface area contributed by atoms with Crippen LogP contribution in [0.5, 0.6) is 0 Å². The number of ketones is 1. The van der Waals surface area contributed by atoms with E-state index in [0.717, 1.165) is 12.5 Å². The number of hydrogen-bond donors (Lipinski definition) is 0. The molecule has 24 heavy (non-hydrogen) atoms. The molecule has 0 fully saturated rings. The first-order valence-corrected chi connectivity index (χ1v) is 10.7. The van der Waals surface area contributed by atoms with Crippen LogP contribution < -0.4 is 0 Å². The number of sulfone groups is 2. The minimum absolute atomic E-state index is 0.152. The summed E-state index contributed by atoms with van der Waals surface area (Å²) < 4.78 is 45.5. The topological polar surface area (TPSA) is 85.3 Å². The SMILES string of the molecule is CS(=O)(=O)c1ccc(/C=C/C(=O)c2ccc(S(C)(=O)=O)cc2)cc1. The fourth-order valence-corrected chi connectivity index (χ4v) is 3.22. The number of hydrogen-bond acceptors (Lipinski definition) is 5. The third-order valence-corrected chi connectivity index (χ3v) is 5.56. The minimum atomic E-state index is -3.30. The molecular formula is C17H16O5S2. The average Bonchev–Trinajstić information content (AvgIpc) is 2.51. The smallest absolute Gasteiger partial charge is 0.185 e. The third kappa shape index (κ3) is 4.62. The Morgan fingerprint density at radius 3 is 1.58 bits per heavy atom. The monoisotopic (exact) mass is 364 g/mol. The van der Waals surface area contributed by atoms with Crippen molar-refractivity contribution in [1.82, 2.24) is 0 Å². The van der Waals surface area contributed by atoms with Crippen molar-refractivity contribution in [3.05, 3.63) is 65.7 Å². The predicted octanol–water partition coefficient (Wildman–Crippen LogP) is 2.39. The molecule has 0 unspecified atom stereocenters. The first-order chi connectivity index (χ1) is 11.1. The molecule has 0 atom stereocenters. The van der Waals surface area contributed by atoms with Crippen molar-refractivity contribution in [2.24, 2.45) is 0 Å². The van der Waals surface area contributed by atoms with Crippen LogP contribution in [0.4, 0.5) is 0 Å². The molecule has 2 aromatic carbocycles. The minimum Gasteiger partial charge on any atom is -0.289 e. The molecule has 0 aliphatic carbocycles. The van der Waals surface area contributed by atoms with Crippen molar-refractivity contribution in [3.63, 3.8) is 0 Å². The Hall–Kier alpha value is -2.25. The molecule has 0 aliphatic rings. The lowest BCUT2D eigenvalue weighted by Crippen LogP contribution is -1.99. The molecule has 0 saturated heterocycles. The van der Waals surface area contributed by atoms with Crippen LogP contribution in [0.25, 0.3) is 6.08 Å². The number of benzene rings is 2. The van der Waals surface area contributed by atoms with Crippen LogP contribution in [0.1, 0.15) is 15.9 Å². The third-order valence-electron chi connectivity index (χ3n) is 3.30.